The molecule has 0 radical (unpaired) electrons. The molecule has 1 aromatic rings. The highest BCUT2D eigenvalue weighted by atomic mass is 28.5. The molecular formula is C22H41NO4Si3. The Hall–Kier alpha value is -0.779. The topological polar surface area (TPSA) is 48.0 Å². The summed E-state index contributed by atoms with van der Waals surface area (Å²) in [5.74, 6) is 0.862. The summed E-state index contributed by atoms with van der Waals surface area (Å²) in [6.07, 6.45) is 3.59. The normalized spacial score (nSPS) is 17.1. The van der Waals surface area contributed by atoms with Crippen molar-refractivity contribution in [3.05, 3.63) is 29.8 Å². The summed E-state index contributed by atoms with van der Waals surface area (Å²) in [5.41, 5.74) is 0.229. The molecule has 1 fully saturated rings. The molecule has 0 N–H and O–H groups in total. The summed E-state index contributed by atoms with van der Waals surface area (Å²) in [5, 5.41) is 0. The van der Waals surface area contributed by atoms with Gasteiger partial charge < -0.3 is 12.7 Å². The number of benzene rings is 1. The average molecular weight is 468 g/mol. The molecule has 0 aliphatic carbocycles. The van der Waals surface area contributed by atoms with Crippen molar-refractivity contribution >= 4 is 31.2 Å². The Labute approximate surface area is 186 Å². The molecule has 170 valence electrons. The Balaban J connectivity index is 2.17. The predicted molar refractivity (Wildman–Crippen MR) is 131 cm³/mol. The molecule has 0 saturated carbocycles. The molecule has 1 aliphatic heterocycles. The van der Waals surface area contributed by atoms with E-state index in [9.17, 15) is 4.79 Å². The van der Waals surface area contributed by atoms with Crippen molar-refractivity contribution in [2.24, 2.45) is 0 Å². The van der Waals surface area contributed by atoms with E-state index in [-0.39, 0.29) is 5.78 Å². The molecule has 8 heteroatoms. The Morgan fingerprint density at radius 3 is 1.73 bits per heavy atom. The summed E-state index contributed by atoms with van der Waals surface area (Å²) in [6, 6.07) is 7.51. The number of ketones is 1. The molecule has 0 aromatic heterocycles. The SMILES string of the molecule is CC(C)(C(=O)c1ccc(O[Si](C)(O[Si](C)(C)C)O[Si](C)(C)C)cc1)N1CCCCC1. The standard InChI is InChI=1S/C22H41NO4Si3/c1-22(2,23-17-11-10-12-18-23)21(24)19-13-15-20(16-14-19)25-30(9,26-28(3,4)5)27-29(6,7)8/h13-16H,10-12,17-18H2,1-9H3. The van der Waals surface area contributed by atoms with Gasteiger partial charge in [0.25, 0.3) is 0 Å². The van der Waals surface area contributed by atoms with E-state index in [1.807, 2.05) is 44.7 Å². The first-order valence-corrected chi connectivity index (χ1v) is 20.1. The largest absolute Gasteiger partial charge is 0.541 e. The molecule has 0 unspecified atom stereocenters. The van der Waals surface area contributed by atoms with Crippen LogP contribution in [0.3, 0.4) is 0 Å². The number of carbonyl (C=O) groups excluding carboxylic acids is 1. The van der Waals surface area contributed by atoms with Gasteiger partial charge in [0.1, 0.15) is 5.75 Å². The van der Waals surface area contributed by atoms with E-state index in [1.54, 1.807) is 0 Å². The zero-order chi connectivity index (χ0) is 22.8. The van der Waals surface area contributed by atoms with Crippen molar-refractivity contribution in [2.45, 2.75) is 84.5 Å². The van der Waals surface area contributed by atoms with Gasteiger partial charge in [-0.2, -0.15) is 0 Å². The zero-order valence-electron chi connectivity index (χ0n) is 20.4. The molecule has 0 atom stereocenters. The van der Waals surface area contributed by atoms with E-state index in [1.165, 1.54) is 19.3 Å². The van der Waals surface area contributed by atoms with Crippen LogP contribution in [0.4, 0.5) is 0 Å². The molecular weight excluding hydrogens is 427 g/mol. The maximum absolute atomic E-state index is 13.2. The monoisotopic (exact) mass is 467 g/mol. The molecule has 0 spiro atoms. The molecule has 2 rings (SSSR count). The smallest absolute Gasteiger partial charge is 0.502 e. The van der Waals surface area contributed by atoms with Crippen LogP contribution < -0.4 is 4.43 Å². The maximum atomic E-state index is 13.2. The van der Waals surface area contributed by atoms with Crippen LogP contribution in [0.1, 0.15) is 43.5 Å². The average Bonchev–Trinajstić information content (AvgIpc) is 2.59. The van der Waals surface area contributed by atoms with Gasteiger partial charge in [0, 0.05) is 12.1 Å². The van der Waals surface area contributed by atoms with Crippen molar-refractivity contribution in [3.8, 4) is 5.75 Å². The van der Waals surface area contributed by atoms with Gasteiger partial charge in [-0.1, -0.05) is 6.42 Å². The third-order valence-corrected chi connectivity index (χ3v) is 13.6. The van der Waals surface area contributed by atoms with Crippen LogP contribution in [0, 0.1) is 0 Å². The number of carbonyl (C=O) groups is 1. The zero-order valence-corrected chi connectivity index (χ0v) is 23.4. The lowest BCUT2D eigenvalue weighted by atomic mass is 9.89. The molecule has 1 aromatic carbocycles. The fourth-order valence-electron chi connectivity index (χ4n) is 4.01. The van der Waals surface area contributed by atoms with Gasteiger partial charge in [-0.05, 0) is 103 Å². The van der Waals surface area contributed by atoms with Crippen LogP contribution in [-0.4, -0.2) is 54.8 Å². The second-order valence-electron chi connectivity index (χ2n) is 10.9. The minimum atomic E-state index is -2.84. The molecule has 1 aliphatic rings. The van der Waals surface area contributed by atoms with E-state index in [0.717, 1.165) is 18.7 Å². The second-order valence-corrected chi connectivity index (χ2v) is 22.9. The molecule has 1 heterocycles. The van der Waals surface area contributed by atoms with Crippen molar-refractivity contribution < 1.29 is 17.5 Å². The number of Topliss-reactive ketones (excluding diaryl/α,β-unsaturated/α-hetero) is 1. The number of likely N-dealkylation sites (tertiary alicyclic amines) is 1. The lowest BCUT2D eigenvalue weighted by Crippen LogP contribution is -2.56. The summed E-state index contributed by atoms with van der Waals surface area (Å²) in [6.45, 7) is 21.0. The molecule has 0 amide bonds. The van der Waals surface area contributed by atoms with Crippen LogP contribution in [0.25, 0.3) is 0 Å². The van der Waals surface area contributed by atoms with Gasteiger partial charge in [-0.3, -0.25) is 9.69 Å². The van der Waals surface area contributed by atoms with E-state index < -0.39 is 31.0 Å². The number of hydrogen-bond acceptors (Lipinski definition) is 5. The highest BCUT2D eigenvalue weighted by Crippen LogP contribution is 2.28. The summed E-state index contributed by atoms with van der Waals surface area (Å²) in [4.78, 5) is 15.5. The van der Waals surface area contributed by atoms with Crippen LogP contribution >= 0.6 is 0 Å². The quantitative estimate of drug-likeness (QED) is 0.340. The van der Waals surface area contributed by atoms with E-state index in [4.69, 9.17) is 12.7 Å². The van der Waals surface area contributed by atoms with Crippen LogP contribution in [-0.2, 0) is 8.23 Å². The van der Waals surface area contributed by atoms with Crippen molar-refractivity contribution in [1.82, 2.24) is 4.90 Å². The number of hydrogen-bond donors (Lipinski definition) is 0. The molecule has 1 saturated heterocycles. The summed E-state index contributed by atoms with van der Waals surface area (Å²) >= 11 is 0. The predicted octanol–water partition coefficient (Wildman–Crippen LogP) is 5.78. The lowest BCUT2D eigenvalue weighted by molar-refractivity contribution is 0.0579. The number of nitrogens with zero attached hydrogens (tertiary/aromatic N) is 1. The van der Waals surface area contributed by atoms with Crippen molar-refractivity contribution in [1.29, 1.82) is 0 Å². The van der Waals surface area contributed by atoms with Gasteiger partial charge in [0.15, 0.2) is 22.4 Å². The Morgan fingerprint density at radius 1 is 0.833 bits per heavy atom. The van der Waals surface area contributed by atoms with Gasteiger partial charge in [-0.25, -0.2) is 0 Å². The summed E-state index contributed by atoms with van der Waals surface area (Å²) < 4.78 is 19.2. The van der Waals surface area contributed by atoms with Gasteiger partial charge in [0.2, 0.25) is 0 Å². The maximum Gasteiger partial charge on any atom is 0.541 e. The molecule has 0 bridgehead atoms. The van der Waals surface area contributed by atoms with E-state index in [2.05, 4.69) is 44.2 Å². The minimum absolute atomic E-state index is 0.160. The fraction of sp³-hybridized carbons (Fsp3) is 0.682. The third kappa shape index (κ3) is 7.42. The minimum Gasteiger partial charge on any atom is -0.502 e. The number of rotatable bonds is 9. The van der Waals surface area contributed by atoms with Crippen LogP contribution in [0.15, 0.2) is 24.3 Å². The Morgan fingerprint density at radius 2 is 1.30 bits per heavy atom. The van der Waals surface area contributed by atoms with E-state index >= 15 is 0 Å². The van der Waals surface area contributed by atoms with E-state index in [0.29, 0.717) is 5.75 Å². The van der Waals surface area contributed by atoms with Gasteiger partial charge >= 0.3 is 8.80 Å². The summed E-state index contributed by atoms with van der Waals surface area (Å²) in [7, 11) is -6.53. The van der Waals surface area contributed by atoms with Crippen molar-refractivity contribution in [3.63, 3.8) is 0 Å². The van der Waals surface area contributed by atoms with Crippen LogP contribution in [0.2, 0.25) is 45.8 Å². The second kappa shape index (κ2) is 9.38. The fourth-order valence-corrected chi connectivity index (χ4v) is 14.4. The lowest BCUT2D eigenvalue weighted by Gasteiger charge is -2.39. The Kier molecular flexibility index (Phi) is 7.97. The highest BCUT2D eigenvalue weighted by molar-refractivity contribution is 6.85. The molecule has 30 heavy (non-hydrogen) atoms. The Bertz CT molecular complexity index is 701. The number of piperidine rings is 1. The highest BCUT2D eigenvalue weighted by Gasteiger charge is 2.45. The third-order valence-electron chi connectivity index (χ3n) is 5.11. The van der Waals surface area contributed by atoms with Crippen LogP contribution in [0.5, 0.6) is 5.75 Å². The first-order valence-electron chi connectivity index (χ1n) is 11.1. The first-order chi connectivity index (χ1) is 13.6. The van der Waals surface area contributed by atoms with Gasteiger partial charge in [0.05, 0.1) is 5.54 Å². The van der Waals surface area contributed by atoms with Crippen molar-refractivity contribution in [2.75, 3.05) is 13.1 Å². The molecule has 5 nitrogen and oxygen atoms in total. The first kappa shape index (κ1) is 25.5. The van der Waals surface area contributed by atoms with Gasteiger partial charge in [-0.15, -0.1) is 0 Å².